The fraction of sp³-hybridized carbons (Fsp3) is 0.500. The number of aliphatic hydroxyl groups is 2. The van der Waals surface area contributed by atoms with Crippen molar-refractivity contribution < 1.29 is 19.7 Å². The first kappa shape index (κ1) is 11.1. The molecule has 0 aromatic carbocycles. The first-order chi connectivity index (χ1) is 6.66. The number of aromatic nitrogens is 1. The van der Waals surface area contributed by atoms with Gasteiger partial charge in [-0.25, -0.2) is 9.78 Å². The Bertz CT molecular complexity index is 288. The second-order valence-electron chi connectivity index (χ2n) is 2.56. The summed E-state index contributed by atoms with van der Waals surface area (Å²) in [6.45, 7) is 1.79. The van der Waals surface area contributed by atoms with Gasteiger partial charge >= 0.3 is 5.97 Å². The lowest BCUT2D eigenvalue weighted by Gasteiger charge is -2.13. The van der Waals surface area contributed by atoms with Gasteiger partial charge < -0.3 is 14.9 Å². The maximum absolute atomic E-state index is 11.0. The molecule has 0 radical (unpaired) electrons. The average molecular weight is 217 g/mol. The van der Waals surface area contributed by atoms with Crippen molar-refractivity contribution in [2.24, 2.45) is 0 Å². The van der Waals surface area contributed by atoms with Gasteiger partial charge in [0, 0.05) is 5.38 Å². The molecule has 1 aromatic rings. The Kier molecular flexibility index (Phi) is 3.99. The highest BCUT2D eigenvalue weighted by Crippen LogP contribution is 2.17. The lowest BCUT2D eigenvalue weighted by Crippen LogP contribution is -2.30. The molecule has 1 heterocycles. The molecule has 0 amide bonds. The zero-order chi connectivity index (χ0) is 10.6. The van der Waals surface area contributed by atoms with Crippen molar-refractivity contribution >= 4 is 17.3 Å². The van der Waals surface area contributed by atoms with Crippen molar-refractivity contribution in [3.63, 3.8) is 0 Å². The Morgan fingerprint density at radius 3 is 2.93 bits per heavy atom. The van der Waals surface area contributed by atoms with Gasteiger partial charge in [0.05, 0.1) is 17.8 Å². The molecule has 2 unspecified atom stereocenters. The highest BCUT2D eigenvalue weighted by Gasteiger charge is 2.27. The van der Waals surface area contributed by atoms with Gasteiger partial charge in [-0.2, -0.15) is 0 Å². The Balaban J connectivity index is 2.61. The Hall–Kier alpha value is -0.980. The highest BCUT2D eigenvalue weighted by molar-refractivity contribution is 7.07. The van der Waals surface area contributed by atoms with E-state index in [0.717, 1.165) is 0 Å². The zero-order valence-corrected chi connectivity index (χ0v) is 8.40. The molecular weight excluding hydrogens is 206 g/mol. The predicted molar refractivity (Wildman–Crippen MR) is 49.7 cm³/mol. The first-order valence-corrected chi connectivity index (χ1v) is 5.02. The number of carbonyl (C=O) groups excluding carboxylic acids is 1. The van der Waals surface area contributed by atoms with Crippen LogP contribution in [0.2, 0.25) is 0 Å². The monoisotopic (exact) mass is 217 g/mol. The molecule has 6 heteroatoms. The molecule has 2 N–H and O–H groups in total. The van der Waals surface area contributed by atoms with E-state index in [0.29, 0.717) is 0 Å². The van der Waals surface area contributed by atoms with Gasteiger partial charge in [-0.05, 0) is 6.92 Å². The number of rotatable bonds is 4. The normalized spacial score (nSPS) is 14.8. The van der Waals surface area contributed by atoms with E-state index >= 15 is 0 Å². The molecule has 2 atom stereocenters. The summed E-state index contributed by atoms with van der Waals surface area (Å²) in [5.41, 5.74) is 1.78. The van der Waals surface area contributed by atoms with Gasteiger partial charge in [-0.1, -0.05) is 0 Å². The number of aliphatic hydroxyl groups excluding tert-OH is 2. The largest absolute Gasteiger partial charge is 0.464 e. The molecule has 14 heavy (non-hydrogen) atoms. The maximum atomic E-state index is 11.0. The van der Waals surface area contributed by atoms with Gasteiger partial charge in [-0.3, -0.25) is 0 Å². The fourth-order valence-electron chi connectivity index (χ4n) is 0.886. The van der Waals surface area contributed by atoms with Gasteiger partial charge in [0.15, 0.2) is 6.10 Å². The van der Waals surface area contributed by atoms with Crippen LogP contribution in [-0.2, 0) is 9.53 Å². The van der Waals surface area contributed by atoms with Crippen LogP contribution in [0.25, 0.3) is 0 Å². The van der Waals surface area contributed by atoms with Gasteiger partial charge in [0.2, 0.25) is 0 Å². The van der Waals surface area contributed by atoms with Gasteiger partial charge in [-0.15, -0.1) is 11.3 Å². The van der Waals surface area contributed by atoms with E-state index in [1.807, 2.05) is 0 Å². The average Bonchev–Trinajstić information content (AvgIpc) is 2.68. The minimum absolute atomic E-state index is 0.166. The van der Waals surface area contributed by atoms with Crippen LogP contribution >= 0.6 is 11.3 Å². The molecule has 0 aliphatic rings. The Labute approximate surface area is 85.0 Å². The van der Waals surface area contributed by atoms with E-state index in [4.69, 9.17) is 0 Å². The summed E-state index contributed by atoms with van der Waals surface area (Å²) in [4.78, 5) is 14.8. The molecule has 0 aliphatic carbocycles. The summed E-state index contributed by atoms with van der Waals surface area (Å²) in [5, 5.41) is 20.4. The second kappa shape index (κ2) is 5.04. The van der Waals surface area contributed by atoms with Crippen molar-refractivity contribution in [3.05, 3.63) is 16.6 Å². The molecule has 0 fully saturated rings. The molecule has 0 saturated heterocycles. The van der Waals surface area contributed by atoms with E-state index in [1.54, 1.807) is 12.3 Å². The predicted octanol–water partition coefficient (Wildman–Crippen LogP) is 0.101. The first-order valence-electron chi connectivity index (χ1n) is 4.07. The maximum Gasteiger partial charge on any atom is 0.338 e. The summed E-state index contributed by atoms with van der Waals surface area (Å²) in [5.74, 6) is -0.840. The summed E-state index contributed by atoms with van der Waals surface area (Å²) >= 11 is 1.28. The zero-order valence-electron chi connectivity index (χ0n) is 7.58. The number of thiazole rings is 1. The van der Waals surface area contributed by atoms with Crippen molar-refractivity contribution in [3.8, 4) is 0 Å². The SMILES string of the molecule is CCOC(=O)C(O)C(O)c1cscn1. The number of esters is 1. The molecule has 0 bridgehead atoms. The lowest BCUT2D eigenvalue weighted by molar-refractivity contribution is -0.159. The standard InChI is InChI=1S/C8H11NO4S/c1-2-13-8(12)7(11)6(10)5-3-14-4-9-5/h3-4,6-7,10-11H,2H2,1H3. The molecule has 0 saturated carbocycles. The summed E-state index contributed by atoms with van der Waals surface area (Å²) < 4.78 is 4.55. The van der Waals surface area contributed by atoms with E-state index in [-0.39, 0.29) is 12.3 Å². The van der Waals surface area contributed by atoms with E-state index in [2.05, 4.69) is 9.72 Å². The smallest absolute Gasteiger partial charge is 0.338 e. The van der Waals surface area contributed by atoms with Crippen LogP contribution in [0.1, 0.15) is 18.7 Å². The van der Waals surface area contributed by atoms with Crippen LogP contribution in [0.3, 0.4) is 0 Å². The highest BCUT2D eigenvalue weighted by atomic mass is 32.1. The van der Waals surface area contributed by atoms with Crippen LogP contribution in [0.5, 0.6) is 0 Å². The van der Waals surface area contributed by atoms with E-state index < -0.39 is 18.2 Å². The third kappa shape index (κ3) is 2.50. The Morgan fingerprint density at radius 1 is 1.71 bits per heavy atom. The summed E-state index contributed by atoms with van der Waals surface area (Å²) in [7, 11) is 0. The second-order valence-corrected chi connectivity index (χ2v) is 3.27. The third-order valence-corrected chi connectivity index (χ3v) is 2.19. The van der Waals surface area contributed by atoms with Gasteiger partial charge in [0.25, 0.3) is 0 Å². The van der Waals surface area contributed by atoms with Crippen molar-refractivity contribution in [1.29, 1.82) is 0 Å². The molecule has 0 aliphatic heterocycles. The van der Waals surface area contributed by atoms with E-state index in [1.165, 1.54) is 16.8 Å². The fourth-order valence-corrected chi connectivity index (χ4v) is 1.47. The number of hydrogen-bond donors (Lipinski definition) is 2. The van der Waals surface area contributed by atoms with Crippen molar-refractivity contribution in [2.75, 3.05) is 6.61 Å². The lowest BCUT2D eigenvalue weighted by atomic mass is 10.1. The van der Waals surface area contributed by atoms with Crippen LogP contribution in [0, 0.1) is 0 Å². The topological polar surface area (TPSA) is 79.7 Å². The third-order valence-electron chi connectivity index (χ3n) is 1.58. The van der Waals surface area contributed by atoms with E-state index in [9.17, 15) is 15.0 Å². The number of ether oxygens (including phenoxy) is 1. The molecule has 78 valence electrons. The molecule has 1 rings (SSSR count). The number of nitrogens with zero attached hydrogens (tertiary/aromatic N) is 1. The summed E-state index contributed by atoms with van der Waals surface area (Å²) in [6.07, 6.45) is -2.89. The van der Waals surface area contributed by atoms with Crippen molar-refractivity contribution in [2.45, 2.75) is 19.1 Å². The molecule has 1 aromatic heterocycles. The van der Waals surface area contributed by atoms with Crippen molar-refractivity contribution in [1.82, 2.24) is 4.98 Å². The number of hydrogen-bond acceptors (Lipinski definition) is 6. The minimum atomic E-state index is -1.57. The van der Waals surface area contributed by atoms with Crippen LogP contribution in [0.15, 0.2) is 10.9 Å². The molecule has 5 nitrogen and oxygen atoms in total. The summed E-state index contributed by atoms with van der Waals surface area (Å²) in [6, 6.07) is 0. The van der Waals surface area contributed by atoms with Crippen LogP contribution in [0.4, 0.5) is 0 Å². The number of carbonyl (C=O) groups is 1. The quantitative estimate of drug-likeness (QED) is 0.699. The van der Waals surface area contributed by atoms with Gasteiger partial charge in [0.1, 0.15) is 6.10 Å². The van der Waals surface area contributed by atoms with Crippen LogP contribution in [-0.4, -0.2) is 33.9 Å². The minimum Gasteiger partial charge on any atom is -0.464 e. The van der Waals surface area contributed by atoms with Crippen LogP contribution < -0.4 is 0 Å². The molecule has 0 spiro atoms. The molecular formula is C8H11NO4S. The Morgan fingerprint density at radius 2 is 2.43 bits per heavy atom.